The van der Waals surface area contributed by atoms with E-state index in [4.69, 9.17) is 5.14 Å². The molecule has 0 radical (unpaired) electrons. The van der Waals surface area contributed by atoms with Gasteiger partial charge in [0.2, 0.25) is 16.0 Å². The van der Waals surface area contributed by atoms with Crippen molar-refractivity contribution >= 4 is 31.5 Å². The molecule has 0 fully saturated rings. The normalized spacial score (nSPS) is 11.9. The van der Waals surface area contributed by atoms with Crippen LogP contribution in [-0.4, -0.2) is 33.1 Å². The third-order valence-electron chi connectivity index (χ3n) is 3.77. The second-order valence-electron chi connectivity index (χ2n) is 6.23. The van der Waals surface area contributed by atoms with Gasteiger partial charge in [0.25, 0.3) is 0 Å². The first kappa shape index (κ1) is 19.9. The van der Waals surface area contributed by atoms with Crippen LogP contribution in [0.15, 0.2) is 65.7 Å². The van der Waals surface area contributed by atoms with Crippen LogP contribution in [0.4, 0.5) is 11.6 Å². The second-order valence-corrected chi connectivity index (χ2v) is 9.93. The third-order valence-corrected chi connectivity index (χ3v) is 5.56. The zero-order valence-electron chi connectivity index (χ0n) is 14.9. The first-order valence-corrected chi connectivity index (χ1v) is 11.7. The Kier molecular flexibility index (Phi) is 5.45. The van der Waals surface area contributed by atoms with E-state index in [0.29, 0.717) is 22.9 Å². The number of sulfonamides is 1. The van der Waals surface area contributed by atoms with Gasteiger partial charge in [0.15, 0.2) is 9.84 Å². The average molecular weight is 419 g/mol. The summed E-state index contributed by atoms with van der Waals surface area (Å²) in [5.41, 5.74) is 2.78. The van der Waals surface area contributed by atoms with Crippen LogP contribution < -0.4 is 10.5 Å². The van der Waals surface area contributed by atoms with Gasteiger partial charge in [0.05, 0.1) is 16.3 Å². The first-order valence-electron chi connectivity index (χ1n) is 8.10. The van der Waals surface area contributed by atoms with Crippen molar-refractivity contribution in [3.05, 3.63) is 66.4 Å². The summed E-state index contributed by atoms with van der Waals surface area (Å²) in [6.07, 6.45) is 2.78. The van der Waals surface area contributed by atoms with Crippen molar-refractivity contribution in [2.24, 2.45) is 5.14 Å². The predicted octanol–water partition coefficient (Wildman–Crippen LogP) is 2.08. The van der Waals surface area contributed by atoms with Crippen LogP contribution in [0.5, 0.6) is 0 Å². The topological polar surface area (TPSA) is 132 Å². The van der Waals surface area contributed by atoms with E-state index in [9.17, 15) is 16.8 Å². The summed E-state index contributed by atoms with van der Waals surface area (Å²) < 4.78 is 45.4. The number of sulfone groups is 1. The molecule has 0 aliphatic rings. The monoisotopic (exact) mass is 418 g/mol. The predicted molar refractivity (Wildman–Crippen MR) is 107 cm³/mol. The van der Waals surface area contributed by atoms with Crippen LogP contribution >= 0.6 is 0 Å². The van der Waals surface area contributed by atoms with Crippen molar-refractivity contribution in [1.29, 1.82) is 0 Å². The van der Waals surface area contributed by atoms with E-state index in [1.165, 1.54) is 18.4 Å². The molecule has 0 aliphatic heterocycles. The molecule has 3 rings (SSSR count). The number of rotatable bonds is 6. The second kappa shape index (κ2) is 7.66. The Morgan fingerprint density at radius 1 is 0.929 bits per heavy atom. The van der Waals surface area contributed by atoms with Gasteiger partial charge in [-0.25, -0.2) is 31.9 Å². The Bertz CT molecular complexity index is 1190. The van der Waals surface area contributed by atoms with Gasteiger partial charge in [0.1, 0.15) is 0 Å². The van der Waals surface area contributed by atoms with E-state index < -0.39 is 19.9 Å². The number of aromatic nitrogens is 2. The SMILES string of the molecule is CS(=O)(=O)Cc1ccc(-c2ccnc(Nc3ccc(S(N)(=O)=O)cc3)n2)cc1. The van der Waals surface area contributed by atoms with E-state index in [2.05, 4.69) is 15.3 Å². The summed E-state index contributed by atoms with van der Waals surface area (Å²) in [6.45, 7) is 0. The number of primary sulfonamides is 1. The Morgan fingerprint density at radius 2 is 1.57 bits per heavy atom. The number of benzene rings is 2. The van der Waals surface area contributed by atoms with Gasteiger partial charge in [0, 0.05) is 23.7 Å². The molecule has 3 aromatic rings. The summed E-state index contributed by atoms with van der Waals surface area (Å²) >= 11 is 0. The lowest BCUT2D eigenvalue weighted by atomic mass is 10.1. The Morgan fingerprint density at radius 3 is 2.14 bits per heavy atom. The van der Waals surface area contributed by atoms with Gasteiger partial charge in [-0.2, -0.15) is 0 Å². The molecular formula is C18H18N4O4S2. The minimum Gasteiger partial charge on any atom is -0.324 e. The van der Waals surface area contributed by atoms with Gasteiger partial charge in [-0.1, -0.05) is 24.3 Å². The summed E-state index contributed by atoms with van der Waals surface area (Å²) in [5.74, 6) is 0.319. The standard InChI is InChI=1S/C18H18N4O4S2/c1-27(23,24)12-13-2-4-14(5-3-13)17-10-11-20-18(22-17)21-15-6-8-16(9-7-15)28(19,25)26/h2-11H,12H2,1H3,(H2,19,25,26)(H,20,21,22). The molecule has 0 atom stereocenters. The minimum atomic E-state index is -3.75. The van der Waals surface area contributed by atoms with Crippen molar-refractivity contribution in [1.82, 2.24) is 9.97 Å². The summed E-state index contributed by atoms with van der Waals surface area (Å²) in [7, 11) is -6.84. The van der Waals surface area contributed by atoms with Crippen LogP contribution in [0, 0.1) is 0 Å². The van der Waals surface area contributed by atoms with Crippen molar-refractivity contribution < 1.29 is 16.8 Å². The fourth-order valence-electron chi connectivity index (χ4n) is 2.51. The number of nitrogens with zero attached hydrogens (tertiary/aromatic N) is 2. The van der Waals surface area contributed by atoms with Crippen molar-refractivity contribution in [2.45, 2.75) is 10.6 Å². The molecule has 1 aromatic heterocycles. The van der Waals surface area contributed by atoms with Gasteiger partial charge in [-0.15, -0.1) is 0 Å². The van der Waals surface area contributed by atoms with Gasteiger partial charge in [-0.05, 0) is 35.9 Å². The summed E-state index contributed by atoms with van der Waals surface area (Å²) in [5, 5.41) is 8.08. The van der Waals surface area contributed by atoms with E-state index in [0.717, 1.165) is 5.56 Å². The first-order chi connectivity index (χ1) is 13.1. The lowest BCUT2D eigenvalue weighted by Gasteiger charge is -2.08. The largest absolute Gasteiger partial charge is 0.324 e. The molecule has 1 heterocycles. The molecule has 10 heteroatoms. The zero-order valence-corrected chi connectivity index (χ0v) is 16.5. The molecule has 0 saturated heterocycles. The fraction of sp³-hybridized carbons (Fsp3) is 0.111. The maximum atomic E-state index is 11.4. The Hall–Kier alpha value is -2.82. The summed E-state index contributed by atoms with van der Waals surface area (Å²) in [4.78, 5) is 8.60. The smallest absolute Gasteiger partial charge is 0.238 e. The highest BCUT2D eigenvalue weighted by Crippen LogP contribution is 2.21. The van der Waals surface area contributed by atoms with Crippen LogP contribution in [0.2, 0.25) is 0 Å². The zero-order chi connectivity index (χ0) is 20.4. The van der Waals surface area contributed by atoms with E-state index in [-0.39, 0.29) is 10.6 Å². The van der Waals surface area contributed by atoms with Crippen LogP contribution in [0.3, 0.4) is 0 Å². The highest BCUT2D eigenvalue weighted by molar-refractivity contribution is 7.90. The maximum absolute atomic E-state index is 11.4. The van der Waals surface area contributed by atoms with E-state index in [1.54, 1.807) is 48.7 Å². The van der Waals surface area contributed by atoms with Gasteiger partial charge in [-0.3, -0.25) is 0 Å². The van der Waals surface area contributed by atoms with E-state index in [1.807, 2.05) is 0 Å². The third kappa shape index (κ3) is 5.35. The molecule has 0 spiro atoms. The molecule has 0 aliphatic carbocycles. The molecule has 2 aromatic carbocycles. The number of hydrogen-bond donors (Lipinski definition) is 2. The lowest BCUT2D eigenvalue weighted by molar-refractivity contribution is 0.597. The highest BCUT2D eigenvalue weighted by atomic mass is 32.2. The molecule has 0 bridgehead atoms. The summed E-state index contributed by atoms with van der Waals surface area (Å²) in [6, 6.07) is 14.7. The molecule has 28 heavy (non-hydrogen) atoms. The molecule has 0 saturated carbocycles. The van der Waals surface area contributed by atoms with Crippen LogP contribution in [0.1, 0.15) is 5.56 Å². The van der Waals surface area contributed by atoms with Gasteiger partial charge >= 0.3 is 0 Å². The molecule has 146 valence electrons. The average Bonchev–Trinajstić information content (AvgIpc) is 2.61. The van der Waals surface area contributed by atoms with Gasteiger partial charge < -0.3 is 5.32 Å². The molecule has 0 unspecified atom stereocenters. The molecule has 3 N–H and O–H groups in total. The number of anilines is 2. The van der Waals surface area contributed by atoms with E-state index >= 15 is 0 Å². The van der Waals surface area contributed by atoms with Crippen LogP contribution in [0.25, 0.3) is 11.3 Å². The minimum absolute atomic E-state index is 0.0155. The number of nitrogens with one attached hydrogen (secondary N) is 1. The van der Waals surface area contributed by atoms with Crippen molar-refractivity contribution in [2.75, 3.05) is 11.6 Å². The fourth-order valence-corrected chi connectivity index (χ4v) is 3.82. The maximum Gasteiger partial charge on any atom is 0.238 e. The number of nitrogens with two attached hydrogens (primary N) is 1. The quantitative estimate of drug-likeness (QED) is 0.626. The van der Waals surface area contributed by atoms with Crippen LogP contribution in [-0.2, 0) is 25.6 Å². The molecule has 8 nitrogen and oxygen atoms in total. The number of hydrogen-bond acceptors (Lipinski definition) is 7. The Labute approximate surface area is 163 Å². The Balaban J connectivity index is 1.79. The highest BCUT2D eigenvalue weighted by Gasteiger charge is 2.09. The van der Waals surface area contributed by atoms with Crippen molar-refractivity contribution in [3.8, 4) is 11.3 Å². The molecular weight excluding hydrogens is 400 g/mol. The molecule has 0 amide bonds. The van der Waals surface area contributed by atoms with Crippen molar-refractivity contribution in [3.63, 3.8) is 0 Å². The lowest BCUT2D eigenvalue weighted by Crippen LogP contribution is -2.11.